The molecule has 1 aromatic carbocycles. The normalized spacial score (nSPS) is 10.7. The van der Waals surface area contributed by atoms with Gasteiger partial charge in [-0.3, -0.25) is 4.79 Å². The lowest BCUT2D eigenvalue weighted by atomic mass is 10.2. The van der Waals surface area contributed by atoms with Crippen molar-refractivity contribution in [2.75, 3.05) is 6.54 Å². The van der Waals surface area contributed by atoms with E-state index in [-0.39, 0.29) is 5.91 Å². The second-order valence-corrected chi connectivity index (χ2v) is 6.35. The van der Waals surface area contributed by atoms with Crippen LogP contribution in [0.2, 0.25) is 0 Å². The number of rotatable bonds is 4. The molecule has 0 bridgehead atoms. The van der Waals surface area contributed by atoms with Gasteiger partial charge in [-0.25, -0.2) is 0 Å². The maximum Gasteiger partial charge on any atom is 0.261 e. The molecule has 2 heterocycles. The molecule has 19 heavy (non-hydrogen) atoms. The molecule has 0 saturated carbocycles. The van der Waals surface area contributed by atoms with Crippen molar-refractivity contribution in [2.24, 2.45) is 0 Å². The number of carbonyl (C=O) groups excluding carboxylic acids is 1. The first-order valence-electron chi connectivity index (χ1n) is 6.12. The molecule has 0 aliphatic rings. The van der Waals surface area contributed by atoms with Gasteiger partial charge in [0.15, 0.2) is 0 Å². The van der Waals surface area contributed by atoms with E-state index in [0.29, 0.717) is 6.54 Å². The van der Waals surface area contributed by atoms with E-state index in [4.69, 9.17) is 0 Å². The first-order chi connectivity index (χ1) is 9.33. The van der Waals surface area contributed by atoms with Crippen molar-refractivity contribution in [1.29, 1.82) is 0 Å². The summed E-state index contributed by atoms with van der Waals surface area (Å²) in [5, 5.41) is 6.17. The Morgan fingerprint density at radius 1 is 1.16 bits per heavy atom. The molecule has 3 aromatic rings. The van der Waals surface area contributed by atoms with Gasteiger partial charge in [-0.15, -0.1) is 22.7 Å². The van der Waals surface area contributed by atoms with Gasteiger partial charge >= 0.3 is 0 Å². The molecule has 0 fully saturated rings. The first-order valence-corrected chi connectivity index (χ1v) is 7.82. The Bertz CT molecular complexity index is 652. The van der Waals surface area contributed by atoms with Crippen LogP contribution in [0.15, 0.2) is 47.8 Å². The lowest BCUT2D eigenvalue weighted by Crippen LogP contribution is -2.24. The van der Waals surface area contributed by atoms with Crippen LogP contribution in [0.1, 0.15) is 14.5 Å². The van der Waals surface area contributed by atoms with Gasteiger partial charge in [0.2, 0.25) is 0 Å². The number of thiophene rings is 2. The summed E-state index contributed by atoms with van der Waals surface area (Å²) in [6.07, 6.45) is 0.897. The summed E-state index contributed by atoms with van der Waals surface area (Å²) in [5.41, 5.74) is 0. The quantitative estimate of drug-likeness (QED) is 0.774. The summed E-state index contributed by atoms with van der Waals surface area (Å²) < 4.78 is 1.16. The van der Waals surface area contributed by atoms with E-state index < -0.39 is 0 Å². The number of amides is 1. The molecule has 2 aromatic heterocycles. The van der Waals surface area contributed by atoms with E-state index in [1.165, 1.54) is 4.88 Å². The smallest absolute Gasteiger partial charge is 0.261 e. The van der Waals surface area contributed by atoms with E-state index in [9.17, 15) is 4.79 Å². The van der Waals surface area contributed by atoms with E-state index in [1.54, 1.807) is 22.7 Å². The Labute approximate surface area is 119 Å². The standard InChI is InChI=1S/C15H13NOS2/c17-15(16-8-7-12-5-3-9-18-12)14-10-11-4-1-2-6-13(11)19-14/h1-6,9-10H,7-8H2,(H,16,17). The van der Waals surface area contributed by atoms with Crippen LogP contribution >= 0.6 is 22.7 Å². The highest BCUT2D eigenvalue weighted by atomic mass is 32.1. The molecule has 3 rings (SSSR count). The zero-order valence-electron chi connectivity index (χ0n) is 10.3. The van der Waals surface area contributed by atoms with E-state index >= 15 is 0 Å². The van der Waals surface area contributed by atoms with Crippen LogP contribution in [0.3, 0.4) is 0 Å². The van der Waals surface area contributed by atoms with Crippen LogP contribution in [0.25, 0.3) is 10.1 Å². The van der Waals surface area contributed by atoms with Crippen LogP contribution in [0.4, 0.5) is 0 Å². The fourth-order valence-electron chi connectivity index (χ4n) is 1.93. The van der Waals surface area contributed by atoms with Crippen molar-refractivity contribution in [2.45, 2.75) is 6.42 Å². The third-order valence-electron chi connectivity index (χ3n) is 2.89. The van der Waals surface area contributed by atoms with Gasteiger partial charge in [0, 0.05) is 16.1 Å². The minimum Gasteiger partial charge on any atom is -0.351 e. The van der Waals surface area contributed by atoms with E-state index in [1.807, 2.05) is 36.4 Å². The molecule has 1 N–H and O–H groups in total. The predicted molar refractivity (Wildman–Crippen MR) is 82.2 cm³/mol. The monoisotopic (exact) mass is 287 g/mol. The second kappa shape index (κ2) is 5.55. The number of fused-ring (bicyclic) bond motifs is 1. The number of benzene rings is 1. The van der Waals surface area contributed by atoms with Gasteiger partial charge in [-0.05, 0) is 35.4 Å². The zero-order valence-corrected chi connectivity index (χ0v) is 11.9. The number of hydrogen-bond acceptors (Lipinski definition) is 3. The molecular formula is C15H13NOS2. The summed E-state index contributed by atoms with van der Waals surface area (Å²) in [5.74, 6) is 0.0257. The average Bonchev–Trinajstić information content (AvgIpc) is 3.07. The van der Waals surface area contributed by atoms with E-state index in [0.717, 1.165) is 21.4 Å². The van der Waals surface area contributed by atoms with Crippen molar-refractivity contribution in [3.8, 4) is 0 Å². The van der Waals surface area contributed by atoms with Gasteiger partial charge in [0.25, 0.3) is 5.91 Å². The van der Waals surface area contributed by atoms with Crippen molar-refractivity contribution in [3.63, 3.8) is 0 Å². The molecule has 2 nitrogen and oxygen atoms in total. The van der Waals surface area contributed by atoms with Crippen LogP contribution in [0.5, 0.6) is 0 Å². The summed E-state index contributed by atoms with van der Waals surface area (Å²) in [7, 11) is 0. The molecule has 1 amide bonds. The highest BCUT2D eigenvalue weighted by Gasteiger charge is 2.09. The molecule has 0 spiro atoms. The Morgan fingerprint density at radius 3 is 2.84 bits per heavy atom. The predicted octanol–water partition coefficient (Wildman–Crippen LogP) is 3.94. The number of hydrogen-bond donors (Lipinski definition) is 1. The lowest BCUT2D eigenvalue weighted by Gasteiger charge is -2.01. The van der Waals surface area contributed by atoms with Gasteiger partial charge in [0.05, 0.1) is 4.88 Å². The van der Waals surface area contributed by atoms with Gasteiger partial charge < -0.3 is 5.32 Å². The van der Waals surface area contributed by atoms with Gasteiger partial charge in [-0.2, -0.15) is 0 Å². The van der Waals surface area contributed by atoms with Crippen LogP contribution in [-0.4, -0.2) is 12.5 Å². The first kappa shape index (κ1) is 12.4. The highest BCUT2D eigenvalue weighted by molar-refractivity contribution is 7.20. The molecule has 96 valence electrons. The lowest BCUT2D eigenvalue weighted by molar-refractivity contribution is 0.0958. The topological polar surface area (TPSA) is 29.1 Å². The SMILES string of the molecule is O=C(NCCc1cccs1)c1cc2ccccc2s1. The average molecular weight is 287 g/mol. The molecule has 0 unspecified atom stereocenters. The third kappa shape index (κ3) is 2.85. The number of carbonyl (C=O) groups is 1. The van der Waals surface area contributed by atoms with Crippen molar-refractivity contribution >= 4 is 38.7 Å². The van der Waals surface area contributed by atoms with E-state index in [2.05, 4.69) is 16.8 Å². The van der Waals surface area contributed by atoms with Crippen molar-refractivity contribution < 1.29 is 4.79 Å². The molecule has 0 saturated heterocycles. The van der Waals surface area contributed by atoms with Crippen LogP contribution in [0, 0.1) is 0 Å². The molecule has 0 aliphatic carbocycles. The van der Waals surface area contributed by atoms with Crippen molar-refractivity contribution in [3.05, 3.63) is 57.6 Å². The Hall–Kier alpha value is -1.65. The molecule has 4 heteroatoms. The minimum atomic E-state index is 0.0257. The summed E-state index contributed by atoms with van der Waals surface area (Å²) in [4.78, 5) is 14.1. The van der Waals surface area contributed by atoms with Crippen molar-refractivity contribution in [1.82, 2.24) is 5.32 Å². The highest BCUT2D eigenvalue weighted by Crippen LogP contribution is 2.25. The third-order valence-corrected chi connectivity index (χ3v) is 4.94. The summed E-state index contributed by atoms with van der Waals surface area (Å²) in [6, 6.07) is 14.2. The fraction of sp³-hybridized carbons (Fsp3) is 0.133. The summed E-state index contributed by atoms with van der Waals surface area (Å²) >= 11 is 3.27. The summed E-state index contributed by atoms with van der Waals surface area (Å²) in [6.45, 7) is 0.688. The van der Waals surface area contributed by atoms with Gasteiger partial charge in [0.1, 0.15) is 0 Å². The Morgan fingerprint density at radius 2 is 2.05 bits per heavy atom. The van der Waals surface area contributed by atoms with Crippen LogP contribution in [-0.2, 0) is 6.42 Å². The maximum absolute atomic E-state index is 12.0. The molecule has 0 aliphatic heterocycles. The fourth-order valence-corrected chi connectivity index (χ4v) is 3.62. The maximum atomic E-state index is 12.0. The number of nitrogens with one attached hydrogen (secondary N) is 1. The van der Waals surface area contributed by atoms with Crippen LogP contribution < -0.4 is 5.32 Å². The molecule has 0 atom stereocenters. The zero-order chi connectivity index (χ0) is 13.1. The minimum absolute atomic E-state index is 0.0257. The Balaban J connectivity index is 1.63. The molecular weight excluding hydrogens is 274 g/mol. The molecule has 0 radical (unpaired) electrons. The second-order valence-electron chi connectivity index (χ2n) is 4.23. The van der Waals surface area contributed by atoms with Gasteiger partial charge in [-0.1, -0.05) is 24.3 Å². The largest absolute Gasteiger partial charge is 0.351 e. The Kier molecular flexibility index (Phi) is 3.62.